The van der Waals surface area contributed by atoms with Crippen molar-refractivity contribution in [1.29, 1.82) is 0 Å². The van der Waals surface area contributed by atoms with Gasteiger partial charge in [-0.3, -0.25) is 4.79 Å². The molecule has 1 aliphatic heterocycles. The summed E-state index contributed by atoms with van der Waals surface area (Å²) in [5, 5.41) is 9.38. The molecule has 7 nitrogen and oxygen atoms in total. The van der Waals surface area contributed by atoms with Crippen LogP contribution in [0, 0.1) is 6.92 Å². The third-order valence-corrected chi connectivity index (χ3v) is 7.00. The zero-order chi connectivity index (χ0) is 21.6. The second-order valence-corrected chi connectivity index (χ2v) is 9.42. The van der Waals surface area contributed by atoms with Crippen LogP contribution in [0.25, 0.3) is 0 Å². The minimum atomic E-state index is -6.08. The van der Waals surface area contributed by atoms with Gasteiger partial charge in [0.2, 0.25) is 0 Å². The Hall–Kier alpha value is -2.22. The average molecular weight is 465 g/mol. The van der Waals surface area contributed by atoms with Gasteiger partial charge in [0, 0.05) is 19.6 Å². The number of rotatable bonds is 4. The summed E-state index contributed by atoms with van der Waals surface area (Å²) in [7, 11) is -6.08. The standard InChI is InChI=1S/C16H10F3NO6S3/c1-7-2-3-10-11(4-7)28-13-6-9(15(22)23)8(5-12(13)27-10)14(21)20-26-29(24,25)16(17,18)19/h2-6H,1H3,(H,20,21)(H,22,23). The van der Waals surface area contributed by atoms with Crippen molar-refractivity contribution < 1.29 is 40.6 Å². The Balaban J connectivity index is 1.94. The molecule has 3 rings (SSSR count). The number of halogens is 3. The lowest BCUT2D eigenvalue weighted by atomic mass is 10.1. The Kier molecular flexibility index (Phi) is 5.60. The summed E-state index contributed by atoms with van der Waals surface area (Å²) in [5.41, 5.74) is -4.66. The minimum absolute atomic E-state index is 0.486. The highest BCUT2D eigenvalue weighted by Crippen LogP contribution is 2.49. The fourth-order valence-corrected chi connectivity index (χ4v) is 4.93. The van der Waals surface area contributed by atoms with Crippen LogP contribution in [0.15, 0.2) is 49.9 Å². The van der Waals surface area contributed by atoms with Crippen LogP contribution in [0.4, 0.5) is 13.2 Å². The Labute approximate surface area is 170 Å². The van der Waals surface area contributed by atoms with Crippen molar-refractivity contribution in [3.8, 4) is 0 Å². The van der Waals surface area contributed by atoms with Crippen LogP contribution < -0.4 is 5.48 Å². The molecule has 0 bridgehead atoms. The maximum absolute atomic E-state index is 12.3. The average Bonchev–Trinajstić information content (AvgIpc) is 2.62. The van der Waals surface area contributed by atoms with Gasteiger partial charge in [-0.2, -0.15) is 21.6 Å². The summed E-state index contributed by atoms with van der Waals surface area (Å²) in [6, 6.07) is 7.99. The molecule has 0 unspecified atom stereocenters. The van der Waals surface area contributed by atoms with Gasteiger partial charge < -0.3 is 5.11 Å². The largest absolute Gasteiger partial charge is 0.525 e. The Morgan fingerprint density at radius 1 is 1.00 bits per heavy atom. The molecule has 1 amide bonds. The SMILES string of the molecule is Cc1ccc2c(c1)Sc1cc(C(=O)O)c(C(=O)NOS(=O)(=O)C(F)(F)F)cc1S2. The maximum Gasteiger partial charge on any atom is 0.525 e. The number of aryl methyl sites for hydroxylation is 1. The molecular weight excluding hydrogens is 455 g/mol. The van der Waals surface area contributed by atoms with Gasteiger partial charge in [0.1, 0.15) is 0 Å². The van der Waals surface area contributed by atoms with Crippen molar-refractivity contribution in [3.05, 3.63) is 47.0 Å². The van der Waals surface area contributed by atoms with E-state index in [2.05, 4.69) is 4.28 Å². The summed E-state index contributed by atoms with van der Waals surface area (Å²) >= 11 is 2.52. The summed E-state index contributed by atoms with van der Waals surface area (Å²) in [6.07, 6.45) is 0. The molecule has 2 N–H and O–H groups in total. The summed E-state index contributed by atoms with van der Waals surface area (Å²) in [4.78, 5) is 26.5. The quantitative estimate of drug-likeness (QED) is 0.442. The van der Waals surface area contributed by atoms with Gasteiger partial charge in [0.15, 0.2) is 0 Å². The highest BCUT2D eigenvalue weighted by molar-refractivity contribution is 8.05. The van der Waals surface area contributed by atoms with E-state index >= 15 is 0 Å². The highest BCUT2D eigenvalue weighted by atomic mass is 32.2. The Bertz CT molecular complexity index is 1130. The fourth-order valence-electron chi connectivity index (χ4n) is 2.30. The van der Waals surface area contributed by atoms with Crippen LogP contribution in [-0.2, 0) is 14.4 Å². The van der Waals surface area contributed by atoms with E-state index in [4.69, 9.17) is 0 Å². The summed E-state index contributed by atoms with van der Waals surface area (Å²) < 4.78 is 62.3. The van der Waals surface area contributed by atoms with Crippen molar-refractivity contribution >= 4 is 45.5 Å². The predicted octanol–water partition coefficient (Wildman–Crippen LogP) is 3.82. The number of hydroxylamine groups is 1. The lowest BCUT2D eigenvalue weighted by molar-refractivity contribution is -0.0571. The molecule has 0 atom stereocenters. The number of aromatic carboxylic acids is 1. The summed E-state index contributed by atoms with van der Waals surface area (Å²) in [6.45, 7) is 1.89. The topological polar surface area (TPSA) is 110 Å². The van der Waals surface area contributed by atoms with Crippen LogP contribution in [0.3, 0.4) is 0 Å². The van der Waals surface area contributed by atoms with E-state index in [-0.39, 0.29) is 0 Å². The third-order valence-electron chi connectivity index (χ3n) is 3.63. The smallest absolute Gasteiger partial charge is 0.478 e. The molecule has 154 valence electrons. The monoisotopic (exact) mass is 465 g/mol. The molecule has 0 spiro atoms. The van der Waals surface area contributed by atoms with E-state index in [0.29, 0.717) is 9.79 Å². The van der Waals surface area contributed by atoms with E-state index in [9.17, 15) is 36.3 Å². The fraction of sp³-hybridized carbons (Fsp3) is 0.125. The Morgan fingerprint density at radius 2 is 1.55 bits per heavy atom. The van der Waals surface area contributed by atoms with Crippen LogP contribution in [0.2, 0.25) is 0 Å². The number of carboxylic acids is 1. The molecule has 29 heavy (non-hydrogen) atoms. The zero-order valence-electron chi connectivity index (χ0n) is 14.2. The first-order valence-electron chi connectivity index (χ1n) is 7.57. The van der Waals surface area contributed by atoms with Gasteiger partial charge in [-0.1, -0.05) is 29.6 Å². The minimum Gasteiger partial charge on any atom is -0.478 e. The first-order chi connectivity index (χ1) is 13.4. The maximum atomic E-state index is 12.3. The van der Waals surface area contributed by atoms with Crippen LogP contribution in [-0.4, -0.2) is 30.9 Å². The van der Waals surface area contributed by atoms with Gasteiger partial charge in [-0.15, -0.1) is 4.28 Å². The van der Waals surface area contributed by atoms with Crippen LogP contribution >= 0.6 is 23.5 Å². The lowest BCUT2D eigenvalue weighted by Crippen LogP contribution is -2.35. The van der Waals surface area contributed by atoms with Crippen molar-refractivity contribution in [1.82, 2.24) is 5.48 Å². The number of hydrogen-bond acceptors (Lipinski definition) is 7. The molecule has 1 heterocycles. The number of alkyl halides is 3. The molecular formula is C16H10F3NO6S3. The first-order valence-corrected chi connectivity index (χ1v) is 10.6. The number of carboxylic acid groups (broad SMARTS) is 1. The lowest BCUT2D eigenvalue weighted by Gasteiger charge is -2.20. The molecule has 2 aromatic carbocycles. The van der Waals surface area contributed by atoms with Crippen molar-refractivity contribution in [2.24, 2.45) is 0 Å². The van der Waals surface area contributed by atoms with Gasteiger partial charge >= 0.3 is 21.6 Å². The van der Waals surface area contributed by atoms with E-state index < -0.39 is 38.6 Å². The number of nitrogens with one attached hydrogen (secondary N) is 1. The van der Waals surface area contributed by atoms with Crippen molar-refractivity contribution in [2.75, 3.05) is 0 Å². The third kappa shape index (κ3) is 4.37. The second-order valence-electron chi connectivity index (χ2n) is 5.72. The van der Waals surface area contributed by atoms with Gasteiger partial charge in [0.25, 0.3) is 5.91 Å². The number of fused-ring (bicyclic) bond motifs is 2. The summed E-state index contributed by atoms with van der Waals surface area (Å²) in [5.74, 6) is -2.96. The van der Waals surface area contributed by atoms with Crippen molar-refractivity contribution in [2.45, 2.75) is 32.0 Å². The molecule has 0 radical (unpaired) electrons. The molecule has 0 aliphatic carbocycles. The molecule has 1 aliphatic rings. The van der Waals surface area contributed by atoms with Crippen LogP contribution in [0.5, 0.6) is 0 Å². The number of amides is 1. The number of carbonyl (C=O) groups is 2. The highest BCUT2D eigenvalue weighted by Gasteiger charge is 2.48. The van der Waals surface area contributed by atoms with E-state index in [1.807, 2.05) is 25.1 Å². The van der Waals surface area contributed by atoms with Crippen LogP contribution in [0.1, 0.15) is 26.3 Å². The molecule has 0 saturated carbocycles. The second kappa shape index (κ2) is 7.55. The van der Waals surface area contributed by atoms with E-state index in [1.165, 1.54) is 29.6 Å². The molecule has 2 aromatic rings. The predicted molar refractivity (Wildman–Crippen MR) is 96.4 cm³/mol. The van der Waals surface area contributed by atoms with E-state index in [0.717, 1.165) is 26.9 Å². The molecule has 0 aromatic heterocycles. The zero-order valence-corrected chi connectivity index (χ0v) is 16.7. The molecule has 0 saturated heterocycles. The van der Waals surface area contributed by atoms with Gasteiger partial charge in [-0.25, -0.2) is 10.3 Å². The van der Waals surface area contributed by atoms with Crippen molar-refractivity contribution in [3.63, 3.8) is 0 Å². The van der Waals surface area contributed by atoms with E-state index in [1.54, 1.807) is 0 Å². The van der Waals surface area contributed by atoms with Gasteiger partial charge in [0.05, 0.1) is 11.1 Å². The first kappa shape index (κ1) is 21.5. The molecule has 0 fully saturated rings. The molecule has 13 heteroatoms. The number of benzene rings is 2. The number of hydrogen-bond donors (Lipinski definition) is 2. The normalized spacial score (nSPS) is 13.4. The van der Waals surface area contributed by atoms with Gasteiger partial charge in [-0.05, 0) is 36.8 Å². The number of carbonyl (C=O) groups excluding carboxylic acids is 1. The Morgan fingerprint density at radius 3 is 2.14 bits per heavy atom.